The zero-order valence-corrected chi connectivity index (χ0v) is 12.8. The fraction of sp³-hybridized carbons (Fsp3) is 0.111. The number of aromatic nitrogens is 2. The van der Waals surface area contributed by atoms with Gasteiger partial charge in [-0.25, -0.2) is 9.98 Å². The first-order valence-electron chi connectivity index (χ1n) is 7.53. The Hall–Kier alpha value is -3.08. The van der Waals surface area contributed by atoms with Gasteiger partial charge in [0.1, 0.15) is 0 Å². The first kappa shape index (κ1) is 13.6. The standard InChI is InChI=1S/C18H17N5/c1-12(11-13-7-3-2-4-8-13)16-21-17(19)22-18-20-14-9-5-6-10-15(14)23(16)18/h2-11,16H,1H3,(H3,19,20,21,22)/b12-11+/t16-/m1/s1. The first-order chi connectivity index (χ1) is 11.2. The SMILES string of the molecule is C/C(=C\c1ccccc1)[C@@H]1N=C(N)Nc2nc3ccccc3n21. The Bertz CT molecular complexity index is 921. The van der Waals surface area contributed by atoms with Gasteiger partial charge in [0.2, 0.25) is 5.95 Å². The predicted molar refractivity (Wildman–Crippen MR) is 94.1 cm³/mol. The zero-order chi connectivity index (χ0) is 15.8. The van der Waals surface area contributed by atoms with Crippen LogP contribution in [-0.2, 0) is 0 Å². The van der Waals surface area contributed by atoms with Crippen molar-refractivity contribution in [3.63, 3.8) is 0 Å². The van der Waals surface area contributed by atoms with E-state index in [1.807, 2.05) is 42.5 Å². The second-order valence-electron chi connectivity index (χ2n) is 5.61. The highest BCUT2D eigenvalue weighted by molar-refractivity contribution is 5.94. The maximum atomic E-state index is 5.95. The Morgan fingerprint density at radius 3 is 2.70 bits per heavy atom. The second kappa shape index (κ2) is 5.28. The Labute approximate surface area is 134 Å². The molecule has 3 N–H and O–H groups in total. The van der Waals surface area contributed by atoms with E-state index in [9.17, 15) is 0 Å². The van der Waals surface area contributed by atoms with E-state index in [2.05, 4.69) is 45.0 Å². The van der Waals surface area contributed by atoms with Crippen LogP contribution in [0.15, 0.2) is 65.2 Å². The Kier molecular flexibility index (Phi) is 3.12. The van der Waals surface area contributed by atoms with Crippen molar-refractivity contribution in [3.05, 3.63) is 65.7 Å². The topological polar surface area (TPSA) is 68.2 Å². The number of guanidine groups is 1. The lowest BCUT2D eigenvalue weighted by Crippen LogP contribution is -2.31. The number of aliphatic imine (C=N–C) groups is 1. The number of hydrogen-bond donors (Lipinski definition) is 2. The number of benzene rings is 2. The summed E-state index contributed by atoms with van der Waals surface area (Å²) in [6.07, 6.45) is 1.93. The van der Waals surface area contributed by atoms with E-state index in [0.29, 0.717) is 5.96 Å². The maximum Gasteiger partial charge on any atom is 0.212 e. The number of rotatable bonds is 2. The van der Waals surface area contributed by atoms with Gasteiger partial charge in [0, 0.05) is 0 Å². The van der Waals surface area contributed by atoms with Crippen LogP contribution in [0.5, 0.6) is 0 Å². The molecule has 5 heteroatoms. The van der Waals surface area contributed by atoms with Gasteiger partial charge in [-0.15, -0.1) is 0 Å². The summed E-state index contributed by atoms with van der Waals surface area (Å²) < 4.78 is 2.08. The summed E-state index contributed by atoms with van der Waals surface area (Å²) in [5, 5.41) is 3.05. The molecule has 3 aromatic rings. The average molecular weight is 303 g/mol. The Balaban J connectivity index is 1.85. The number of para-hydroxylation sites is 2. The molecule has 0 unspecified atom stereocenters. The Morgan fingerprint density at radius 1 is 1.13 bits per heavy atom. The molecule has 0 radical (unpaired) electrons. The maximum absolute atomic E-state index is 5.95. The zero-order valence-electron chi connectivity index (χ0n) is 12.8. The van der Waals surface area contributed by atoms with Gasteiger partial charge in [0.05, 0.1) is 11.0 Å². The minimum atomic E-state index is -0.196. The number of nitrogens with zero attached hydrogens (tertiary/aromatic N) is 3. The molecule has 23 heavy (non-hydrogen) atoms. The molecule has 1 aromatic heterocycles. The number of fused-ring (bicyclic) bond motifs is 3. The van der Waals surface area contributed by atoms with Crippen LogP contribution in [0.4, 0.5) is 5.95 Å². The second-order valence-corrected chi connectivity index (χ2v) is 5.61. The summed E-state index contributed by atoms with van der Waals surface area (Å²) in [7, 11) is 0. The van der Waals surface area contributed by atoms with Gasteiger partial charge in [0.15, 0.2) is 12.1 Å². The van der Waals surface area contributed by atoms with Crippen molar-refractivity contribution >= 4 is 29.0 Å². The van der Waals surface area contributed by atoms with Crippen LogP contribution in [0.1, 0.15) is 18.7 Å². The van der Waals surface area contributed by atoms with Gasteiger partial charge < -0.3 is 5.73 Å². The van der Waals surface area contributed by atoms with Crippen LogP contribution < -0.4 is 11.1 Å². The summed E-state index contributed by atoms with van der Waals surface area (Å²) in [6, 6.07) is 18.2. The molecule has 114 valence electrons. The number of hydrogen-bond acceptors (Lipinski definition) is 4. The van der Waals surface area contributed by atoms with Crippen LogP contribution >= 0.6 is 0 Å². The molecule has 0 fully saturated rings. The minimum Gasteiger partial charge on any atom is -0.370 e. The van der Waals surface area contributed by atoms with Gasteiger partial charge in [0.25, 0.3) is 0 Å². The third-order valence-corrected chi connectivity index (χ3v) is 3.94. The quantitative estimate of drug-likeness (QED) is 0.762. The average Bonchev–Trinajstić information content (AvgIpc) is 2.93. The molecule has 0 saturated heterocycles. The molecule has 0 amide bonds. The molecule has 0 spiro atoms. The first-order valence-corrected chi connectivity index (χ1v) is 7.53. The van der Waals surface area contributed by atoms with Crippen molar-refractivity contribution in [3.8, 4) is 0 Å². The largest absolute Gasteiger partial charge is 0.370 e. The van der Waals surface area contributed by atoms with E-state index in [1.165, 1.54) is 0 Å². The Morgan fingerprint density at radius 2 is 1.87 bits per heavy atom. The van der Waals surface area contributed by atoms with Crippen LogP contribution in [-0.4, -0.2) is 15.5 Å². The van der Waals surface area contributed by atoms with Crippen molar-refractivity contribution in [2.45, 2.75) is 13.1 Å². The molecule has 5 nitrogen and oxygen atoms in total. The third-order valence-electron chi connectivity index (χ3n) is 3.94. The van der Waals surface area contributed by atoms with Crippen LogP contribution in [0.2, 0.25) is 0 Å². The third kappa shape index (κ3) is 2.36. The molecule has 1 atom stereocenters. The molecular weight excluding hydrogens is 286 g/mol. The van der Waals surface area contributed by atoms with E-state index < -0.39 is 0 Å². The molecule has 1 aliphatic rings. The molecule has 0 aliphatic carbocycles. The van der Waals surface area contributed by atoms with E-state index >= 15 is 0 Å². The van der Waals surface area contributed by atoms with E-state index in [1.54, 1.807) is 0 Å². The lowest BCUT2D eigenvalue weighted by Gasteiger charge is -2.24. The van der Waals surface area contributed by atoms with Gasteiger partial charge >= 0.3 is 0 Å². The highest BCUT2D eigenvalue weighted by atomic mass is 15.4. The normalized spacial score (nSPS) is 17.5. The summed E-state index contributed by atoms with van der Waals surface area (Å²) in [4.78, 5) is 9.19. The minimum absolute atomic E-state index is 0.196. The van der Waals surface area contributed by atoms with Crippen molar-refractivity contribution in [1.82, 2.24) is 9.55 Å². The molecule has 0 saturated carbocycles. The van der Waals surface area contributed by atoms with Crippen LogP contribution in [0, 0.1) is 0 Å². The fourth-order valence-electron chi connectivity index (χ4n) is 2.91. The molecule has 4 rings (SSSR count). The molecule has 0 bridgehead atoms. The summed E-state index contributed by atoms with van der Waals surface area (Å²) in [5.41, 5.74) is 10.2. The predicted octanol–water partition coefficient (Wildman–Crippen LogP) is 3.38. The highest BCUT2D eigenvalue weighted by Crippen LogP contribution is 2.32. The van der Waals surface area contributed by atoms with Gasteiger partial charge in [-0.2, -0.15) is 0 Å². The van der Waals surface area contributed by atoms with Gasteiger partial charge in [-0.05, 0) is 30.2 Å². The lowest BCUT2D eigenvalue weighted by molar-refractivity contribution is 0.616. The summed E-state index contributed by atoms with van der Waals surface area (Å²) in [5.74, 6) is 1.11. The summed E-state index contributed by atoms with van der Waals surface area (Å²) in [6.45, 7) is 2.07. The van der Waals surface area contributed by atoms with E-state index in [4.69, 9.17) is 5.73 Å². The van der Waals surface area contributed by atoms with Crippen LogP contribution in [0.3, 0.4) is 0 Å². The van der Waals surface area contributed by atoms with Gasteiger partial charge in [-0.1, -0.05) is 48.5 Å². The fourth-order valence-corrected chi connectivity index (χ4v) is 2.91. The lowest BCUT2D eigenvalue weighted by atomic mass is 10.1. The number of imidazole rings is 1. The van der Waals surface area contributed by atoms with Crippen LogP contribution in [0.25, 0.3) is 17.1 Å². The van der Waals surface area contributed by atoms with Gasteiger partial charge in [-0.3, -0.25) is 9.88 Å². The van der Waals surface area contributed by atoms with Crippen molar-refractivity contribution in [2.75, 3.05) is 5.32 Å². The highest BCUT2D eigenvalue weighted by Gasteiger charge is 2.24. The number of nitrogens with one attached hydrogen (secondary N) is 1. The van der Waals surface area contributed by atoms with E-state index in [0.717, 1.165) is 28.1 Å². The van der Waals surface area contributed by atoms with Crippen molar-refractivity contribution in [1.29, 1.82) is 0 Å². The number of anilines is 1. The van der Waals surface area contributed by atoms with Crippen molar-refractivity contribution in [2.24, 2.45) is 10.7 Å². The monoisotopic (exact) mass is 303 g/mol. The molecular formula is C18H17N5. The molecule has 2 aromatic carbocycles. The van der Waals surface area contributed by atoms with E-state index in [-0.39, 0.29) is 6.17 Å². The molecule has 1 aliphatic heterocycles. The summed E-state index contributed by atoms with van der Waals surface area (Å²) >= 11 is 0. The molecule has 2 heterocycles. The number of nitrogens with two attached hydrogens (primary N) is 1. The van der Waals surface area contributed by atoms with Crippen molar-refractivity contribution < 1.29 is 0 Å². The smallest absolute Gasteiger partial charge is 0.212 e.